The molecule has 0 spiro atoms. The molecule has 2 N–H and O–H groups in total. The molecule has 3 nitrogen and oxygen atoms in total. The van der Waals surface area contributed by atoms with E-state index in [0.717, 1.165) is 23.0 Å². The molecule has 1 aromatic rings. The Bertz CT molecular complexity index is 464. The van der Waals surface area contributed by atoms with Crippen LogP contribution in [-0.2, 0) is 4.79 Å². The number of benzene rings is 1. The Morgan fingerprint density at radius 2 is 2.06 bits per heavy atom. The number of halogens is 3. The zero-order valence-corrected chi connectivity index (χ0v) is 12.7. The van der Waals surface area contributed by atoms with Crippen LogP contribution in [0.5, 0.6) is 0 Å². The number of anilines is 1. The first-order valence-electron chi connectivity index (χ1n) is 5.74. The molecule has 98 valence electrons. The van der Waals surface area contributed by atoms with Gasteiger partial charge < -0.3 is 10.6 Å². The highest BCUT2D eigenvalue weighted by Crippen LogP contribution is 2.35. The minimum absolute atomic E-state index is 0.0735. The summed E-state index contributed by atoms with van der Waals surface area (Å²) in [6, 6.07) is 4.06. The highest BCUT2D eigenvalue weighted by molar-refractivity contribution is 9.10. The normalized spacial score (nSPS) is 14.4. The van der Waals surface area contributed by atoms with Crippen molar-refractivity contribution in [1.82, 2.24) is 5.32 Å². The van der Waals surface area contributed by atoms with Crippen LogP contribution in [0.2, 0.25) is 10.0 Å². The predicted octanol–water partition coefficient (Wildman–Crippen LogP) is 3.84. The van der Waals surface area contributed by atoms with E-state index >= 15 is 0 Å². The molecule has 1 amide bonds. The Labute approximate surface area is 124 Å². The van der Waals surface area contributed by atoms with Crippen molar-refractivity contribution in [3.8, 4) is 0 Å². The fraction of sp³-hybridized carbons (Fsp3) is 0.417. The maximum Gasteiger partial charge on any atom is 0.221 e. The molecule has 0 saturated heterocycles. The number of hydrogen-bond acceptors (Lipinski definition) is 2. The van der Waals surface area contributed by atoms with Crippen molar-refractivity contribution in [2.24, 2.45) is 0 Å². The van der Waals surface area contributed by atoms with Gasteiger partial charge in [0.15, 0.2) is 0 Å². The molecule has 0 bridgehead atoms. The monoisotopic (exact) mass is 350 g/mol. The fourth-order valence-corrected chi connectivity index (χ4v) is 2.34. The van der Waals surface area contributed by atoms with Crippen LogP contribution in [0.1, 0.15) is 19.3 Å². The third kappa shape index (κ3) is 3.77. The van der Waals surface area contributed by atoms with Crippen molar-refractivity contribution >= 4 is 50.7 Å². The lowest BCUT2D eigenvalue weighted by molar-refractivity contribution is -0.120. The lowest BCUT2D eigenvalue weighted by Gasteiger charge is -2.10. The summed E-state index contributed by atoms with van der Waals surface area (Å²) in [5, 5.41) is 6.98. The molecule has 6 heteroatoms. The third-order valence-electron chi connectivity index (χ3n) is 2.65. The molecule has 1 aromatic carbocycles. The van der Waals surface area contributed by atoms with E-state index in [0.29, 0.717) is 29.1 Å². The molecular weight excluding hydrogens is 339 g/mol. The number of rotatable bonds is 5. The van der Waals surface area contributed by atoms with E-state index in [4.69, 9.17) is 23.2 Å². The summed E-state index contributed by atoms with van der Waals surface area (Å²) >= 11 is 15.4. The van der Waals surface area contributed by atoms with Crippen LogP contribution in [0.15, 0.2) is 16.6 Å². The lowest BCUT2D eigenvalue weighted by atomic mass is 10.3. The molecule has 1 saturated carbocycles. The van der Waals surface area contributed by atoms with Crippen LogP contribution in [0, 0.1) is 0 Å². The van der Waals surface area contributed by atoms with Crippen molar-refractivity contribution < 1.29 is 4.79 Å². The summed E-state index contributed by atoms with van der Waals surface area (Å²) in [4.78, 5) is 11.5. The molecule has 0 atom stereocenters. The van der Waals surface area contributed by atoms with E-state index in [2.05, 4.69) is 26.6 Å². The number of amides is 1. The second kappa shape index (κ2) is 6.13. The van der Waals surface area contributed by atoms with Gasteiger partial charge in [0.25, 0.3) is 0 Å². The Morgan fingerprint density at radius 1 is 1.33 bits per heavy atom. The fourth-order valence-electron chi connectivity index (χ4n) is 1.50. The maximum atomic E-state index is 11.5. The highest BCUT2D eigenvalue weighted by Gasteiger charge is 2.22. The average Bonchev–Trinajstić information content (AvgIpc) is 3.13. The van der Waals surface area contributed by atoms with Crippen LogP contribution in [0.4, 0.5) is 5.69 Å². The van der Waals surface area contributed by atoms with Crippen LogP contribution >= 0.6 is 39.1 Å². The lowest BCUT2D eigenvalue weighted by Crippen LogP contribution is -2.27. The van der Waals surface area contributed by atoms with Crippen molar-refractivity contribution in [2.45, 2.75) is 25.3 Å². The van der Waals surface area contributed by atoms with Gasteiger partial charge in [-0.2, -0.15) is 0 Å². The van der Waals surface area contributed by atoms with Gasteiger partial charge in [0, 0.05) is 23.5 Å². The van der Waals surface area contributed by atoms with Crippen molar-refractivity contribution in [3.63, 3.8) is 0 Å². The summed E-state index contributed by atoms with van der Waals surface area (Å²) in [5.74, 6) is 0.0735. The topological polar surface area (TPSA) is 41.1 Å². The standard InChI is InChI=1S/C12H13BrCl2N2O/c13-8-3-4-9(12(15)11(8)14)16-6-5-10(18)17-7-1-2-7/h3-4,7,16H,1-2,5-6H2,(H,17,18). The quantitative estimate of drug-likeness (QED) is 0.791. The summed E-state index contributed by atoms with van der Waals surface area (Å²) in [5.41, 5.74) is 0.740. The number of hydrogen-bond donors (Lipinski definition) is 2. The summed E-state index contributed by atoms with van der Waals surface area (Å²) < 4.78 is 0.756. The van der Waals surface area contributed by atoms with Crippen LogP contribution in [-0.4, -0.2) is 18.5 Å². The van der Waals surface area contributed by atoms with Gasteiger partial charge in [0.1, 0.15) is 0 Å². The van der Waals surface area contributed by atoms with Gasteiger partial charge in [0.2, 0.25) is 5.91 Å². The number of nitrogens with one attached hydrogen (secondary N) is 2. The van der Waals surface area contributed by atoms with Gasteiger partial charge in [-0.1, -0.05) is 23.2 Å². The molecule has 0 heterocycles. The molecule has 0 aromatic heterocycles. The minimum Gasteiger partial charge on any atom is -0.383 e. The van der Waals surface area contributed by atoms with E-state index in [9.17, 15) is 4.79 Å². The van der Waals surface area contributed by atoms with Crippen molar-refractivity contribution in [3.05, 3.63) is 26.7 Å². The van der Waals surface area contributed by atoms with Gasteiger partial charge >= 0.3 is 0 Å². The van der Waals surface area contributed by atoms with E-state index in [1.54, 1.807) is 0 Å². The molecule has 1 aliphatic rings. The zero-order chi connectivity index (χ0) is 13.1. The van der Waals surface area contributed by atoms with E-state index in [-0.39, 0.29) is 5.91 Å². The Kier molecular flexibility index (Phi) is 4.76. The van der Waals surface area contributed by atoms with Gasteiger partial charge in [-0.15, -0.1) is 0 Å². The first-order chi connectivity index (χ1) is 8.58. The largest absolute Gasteiger partial charge is 0.383 e. The average molecular weight is 352 g/mol. The molecule has 1 fully saturated rings. The molecular formula is C12H13BrCl2N2O. The van der Waals surface area contributed by atoms with Gasteiger partial charge in [-0.25, -0.2) is 0 Å². The van der Waals surface area contributed by atoms with Gasteiger partial charge in [-0.3, -0.25) is 4.79 Å². The SMILES string of the molecule is O=C(CCNc1ccc(Br)c(Cl)c1Cl)NC1CC1. The van der Waals surface area contributed by atoms with Crippen LogP contribution in [0.3, 0.4) is 0 Å². The zero-order valence-electron chi connectivity index (χ0n) is 9.60. The third-order valence-corrected chi connectivity index (χ3v) is 4.42. The minimum atomic E-state index is 0.0735. The van der Waals surface area contributed by atoms with Crippen molar-refractivity contribution in [1.29, 1.82) is 0 Å². The van der Waals surface area contributed by atoms with Crippen molar-refractivity contribution in [2.75, 3.05) is 11.9 Å². The molecule has 18 heavy (non-hydrogen) atoms. The first-order valence-corrected chi connectivity index (χ1v) is 7.29. The second-order valence-electron chi connectivity index (χ2n) is 4.24. The smallest absolute Gasteiger partial charge is 0.221 e. The molecule has 1 aliphatic carbocycles. The predicted molar refractivity (Wildman–Crippen MR) is 78.4 cm³/mol. The van der Waals surface area contributed by atoms with Crippen LogP contribution < -0.4 is 10.6 Å². The Morgan fingerprint density at radius 3 is 2.72 bits per heavy atom. The van der Waals surface area contributed by atoms with E-state index < -0.39 is 0 Å². The van der Waals surface area contributed by atoms with Crippen LogP contribution in [0.25, 0.3) is 0 Å². The summed E-state index contributed by atoms with van der Waals surface area (Å²) in [6.45, 7) is 0.538. The van der Waals surface area contributed by atoms with Gasteiger partial charge in [0.05, 0.1) is 15.7 Å². The Balaban J connectivity index is 1.82. The maximum absolute atomic E-state index is 11.5. The van der Waals surface area contributed by atoms with E-state index in [1.165, 1.54) is 0 Å². The molecule has 0 radical (unpaired) electrons. The molecule has 0 unspecified atom stereocenters. The number of carbonyl (C=O) groups is 1. The van der Waals surface area contributed by atoms with Gasteiger partial charge in [-0.05, 0) is 40.9 Å². The first kappa shape index (κ1) is 14.0. The van der Waals surface area contributed by atoms with E-state index in [1.807, 2.05) is 12.1 Å². The summed E-state index contributed by atoms with van der Waals surface area (Å²) in [7, 11) is 0. The Hall–Kier alpha value is -0.450. The second-order valence-corrected chi connectivity index (χ2v) is 5.85. The molecule has 0 aliphatic heterocycles. The molecule has 2 rings (SSSR count). The summed E-state index contributed by atoms with van der Waals surface area (Å²) in [6.07, 6.45) is 2.64. The highest BCUT2D eigenvalue weighted by atomic mass is 79.9. The number of carbonyl (C=O) groups excluding carboxylic acids is 1.